The van der Waals surface area contributed by atoms with E-state index >= 15 is 0 Å². The van der Waals surface area contributed by atoms with E-state index < -0.39 is 11.2 Å². The maximum atomic E-state index is 11.5. The SMILES string of the molecule is C=CC(=O)N(CCC)CCn1ccc(=O)[nH]c1=O. The van der Waals surface area contributed by atoms with E-state index in [-0.39, 0.29) is 5.91 Å². The first-order valence-corrected chi connectivity index (χ1v) is 5.79. The van der Waals surface area contributed by atoms with Gasteiger partial charge in [-0.05, 0) is 12.5 Å². The number of carbonyl (C=O) groups excluding carboxylic acids is 1. The Bertz CT molecular complexity index is 530. The molecule has 0 radical (unpaired) electrons. The molecule has 1 heterocycles. The maximum absolute atomic E-state index is 11.5. The summed E-state index contributed by atoms with van der Waals surface area (Å²) in [4.78, 5) is 37.6. The van der Waals surface area contributed by atoms with Crippen molar-refractivity contribution < 1.29 is 4.79 Å². The Balaban J connectivity index is 2.72. The van der Waals surface area contributed by atoms with E-state index in [1.807, 2.05) is 6.92 Å². The zero-order valence-electron chi connectivity index (χ0n) is 10.4. The third kappa shape index (κ3) is 3.73. The van der Waals surface area contributed by atoms with Crippen molar-refractivity contribution in [2.24, 2.45) is 0 Å². The molecule has 1 rings (SSSR count). The van der Waals surface area contributed by atoms with Gasteiger partial charge in [-0.3, -0.25) is 19.1 Å². The molecule has 1 N–H and O–H groups in total. The summed E-state index contributed by atoms with van der Waals surface area (Å²) in [5.41, 5.74) is -0.895. The van der Waals surface area contributed by atoms with Gasteiger partial charge in [0, 0.05) is 31.9 Å². The van der Waals surface area contributed by atoms with Crippen LogP contribution < -0.4 is 11.2 Å². The number of rotatable bonds is 6. The number of H-pyrrole nitrogens is 1. The van der Waals surface area contributed by atoms with Crippen molar-refractivity contribution in [2.75, 3.05) is 13.1 Å². The molecule has 0 spiro atoms. The Hall–Kier alpha value is -2.11. The third-order valence-electron chi connectivity index (χ3n) is 2.49. The van der Waals surface area contributed by atoms with Crippen LogP contribution in [0.15, 0.2) is 34.5 Å². The minimum absolute atomic E-state index is 0.158. The van der Waals surface area contributed by atoms with E-state index in [0.29, 0.717) is 19.6 Å². The van der Waals surface area contributed by atoms with Crippen LogP contribution in [0.4, 0.5) is 0 Å². The standard InChI is InChI=1S/C12H17N3O3/c1-3-6-14(11(17)4-2)8-9-15-7-5-10(16)13-12(15)18/h4-5,7H,2-3,6,8-9H2,1H3,(H,13,16,18). The third-order valence-corrected chi connectivity index (χ3v) is 2.49. The predicted molar refractivity (Wildman–Crippen MR) is 68.4 cm³/mol. The summed E-state index contributed by atoms with van der Waals surface area (Å²) < 4.78 is 1.36. The predicted octanol–water partition coefficient (Wildman–Crippen LogP) is -0.0388. The molecule has 6 heteroatoms. The number of amides is 1. The van der Waals surface area contributed by atoms with E-state index in [9.17, 15) is 14.4 Å². The van der Waals surface area contributed by atoms with Crippen LogP contribution >= 0.6 is 0 Å². The molecule has 0 aliphatic rings. The van der Waals surface area contributed by atoms with Crippen molar-refractivity contribution in [1.29, 1.82) is 0 Å². The van der Waals surface area contributed by atoms with E-state index in [1.54, 1.807) is 4.90 Å². The molecule has 0 bridgehead atoms. The lowest BCUT2D eigenvalue weighted by Crippen LogP contribution is -2.36. The smallest absolute Gasteiger partial charge is 0.328 e. The fourth-order valence-corrected chi connectivity index (χ4v) is 1.58. The average Bonchev–Trinajstić information content (AvgIpc) is 2.35. The van der Waals surface area contributed by atoms with Crippen molar-refractivity contribution in [1.82, 2.24) is 14.5 Å². The summed E-state index contributed by atoms with van der Waals surface area (Å²) in [5.74, 6) is -0.158. The van der Waals surface area contributed by atoms with Gasteiger partial charge in [0.2, 0.25) is 5.91 Å². The highest BCUT2D eigenvalue weighted by Crippen LogP contribution is 1.94. The van der Waals surface area contributed by atoms with Crippen LogP contribution in [0.25, 0.3) is 0 Å². The average molecular weight is 251 g/mol. The molecule has 0 aliphatic heterocycles. The van der Waals surface area contributed by atoms with Gasteiger partial charge < -0.3 is 4.90 Å². The second-order valence-electron chi connectivity index (χ2n) is 3.83. The number of aromatic nitrogens is 2. The van der Waals surface area contributed by atoms with Gasteiger partial charge in [-0.2, -0.15) is 0 Å². The van der Waals surface area contributed by atoms with Crippen molar-refractivity contribution in [3.63, 3.8) is 0 Å². The molecule has 0 fully saturated rings. The first-order chi connectivity index (χ1) is 8.58. The molecule has 6 nitrogen and oxygen atoms in total. The first kappa shape index (κ1) is 14.0. The second kappa shape index (κ2) is 6.58. The highest BCUT2D eigenvalue weighted by atomic mass is 16.2. The maximum Gasteiger partial charge on any atom is 0.328 e. The molecule has 0 aliphatic carbocycles. The number of carbonyl (C=O) groups is 1. The minimum Gasteiger partial charge on any atom is -0.337 e. The van der Waals surface area contributed by atoms with Crippen molar-refractivity contribution in [3.8, 4) is 0 Å². The van der Waals surface area contributed by atoms with Gasteiger partial charge in [0.05, 0.1) is 0 Å². The van der Waals surface area contributed by atoms with Gasteiger partial charge in [-0.1, -0.05) is 13.5 Å². The Kier molecular flexibility index (Phi) is 5.10. The minimum atomic E-state index is -0.468. The Morgan fingerprint density at radius 2 is 2.22 bits per heavy atom. The summed E-state index contributed by atoms with van der Waals surface area (Å²) in [6.07, 6.45) is 3.51. The quantitative estimate of drug-likeness (QED) is 0.721. The highest BCUT2D eigenvalue weighted by Gasteiger charge is 2.09. The molecule has 0 saturated heterocycles. The number of aromatic amines is 1. The van der Waals surface area contributed by atoms with Crippen LogP contribution in [0, 0.1) is 0 Å². The van der Waals surface area contributed by atoms with Crippen LogP contribution in [0.3, 0.4) is 0 Å². The summed E-state index contributed by atoms with van der Waals surface area (Å²) in [5, 5.41) is 0. The Morgan fingerprint density at radius 1 is 1.50 bits per heavy atom. The lowest BCUT2D eigenvalue weighted by molar-refractivity contribution is -0.126. The number of hydrogen-bond acceptors (Lipinski definition) is 3. The van der Waals surface area contributed by atoms with Gasteiger partial charge in [-0.25, -0.2) is 4.79 Å². The van der Waals surface area contributed by atoms with Crippen molar-refractivity contribution >= 4 is 5.91 Å². The number of nitrogens with one attached hydrogen (secondary N) is 1. The Labute approximate surface area is 105 Å². The zero-order valence-corrected chi connectivity index (χ0v) is 10.4. The normalized spacial score (nSPS) is 10.1. The highest BCUT2D eigenvalue weighted by molar-refractivity contribution is 5.86. The molecule has 98 valence electrons. The van der Waals surface area contributed by atoms with E-state index in [0.717, 1.165) is 6.42 Å². The topological polar surface area (TPSA) is 75.2 Å². The Morgan fingerprint density at radius 3 is 2.78 bits per heavy atom. The van der Waals surface area contributed by atoms with E-state index in [1.165, 1.54) is 22.9 Å². The van der Waals surface area contributed by atoms with Crippen LogP contribution in [0.1, 0.15) is 13.3 Å². The van der Waals surface area contributed by atoms with E-state index in [4.69, 9.17) is 0 Å². The van der Waals surface area contributed by atoms with Gasteiger partial charge in [0.25, 0.3) is 5.56 Å². The lowest BCUT2D eigenvalue weighted by Gasteiger charge is -2.20. The van der Waals surface area contributed by atoms with Gasteiger partial charge in [0.15, 0.2) is 0 Å². The summed E-state index contributed by atoms with van der Waals surface area (Å²) in [6.45, 7) is 6.77. The fraction of sp³-hybridized carbons (Fsp3) is 0.417. The second-order valence-corrected chi connectivity index (χ2v) is 3.83. The summed E-state index contributed by atoms with van der Waals surface area (Å²) >= 11 is 0. The van der Waals surface area contributed by atoms with Gasteiger partial charge in [0.1, 0.15) is 0 Å². The molecule has 18 heavy (non-hydrogen) atoms. The summed E-state index contributed by atoms with van der Waals surface area (Å²) in [6, 6.07) is 1.28. The molecule has 1 aromatic rings. The van der Waals surface area contributed by atoms with Crippen molar-refractivity contribution in [2.45, 2.75) is 19.9 Å². The number of hydrogen-bond donors (Lipinski definition) is 1. The molecule has 0 aromatic carbocycles. The molecular formula is C12H17N3O3. The molecule has 1 aromatic heterocycles. The summed E-state index contributed by atoms with van der Waals surface area (Å²) in [7, 11) is 0. The largest absolute Gasteiger partial charge is 0.337 e. The van der Waals surface area contributed by atoms with Crippen LogP contribution in [0.5, 0.6) is 0 Å². The first-order valence-electron chi connectivity index (χ1n) is 5.79. The molecule has 0 unspecified atom stereocenters. The fourth-order valence-electron chi connectivity index (χ4n) is 1.58. The molecule has 1 amide bonds. The van der Waals surface area contributed by atoms with Crippen LogP contribution in [-0.2, 0) is 11.3 Å². The van der Waals surface area contributed by atoms with Gasteiger partial charge in [-0.15, -0.1) is 0 Å². The molecule has 0 saturated carbocycles. The van der Waals surface area contributed by atoms with Crippen molar-refractivity contribution in [3.05, 3.63) is 45.8 Å². The number of nitrogens with zero attached hydrogens (tertiary/aromatic N) is 2. The lowest BCUT2D eigenvalue weighted by atomic mass is 10.3. The van der Waals surface area contributed by atoms with Crippen LogP contribution in [-0.4, -0.2) is 33.4 Å². The van der Waals surface area contributed by atoms with Crippen LogP contribution in [0.2, 0.25) is 0 Å². The van der Waals surface area contributed by atoms with Gasteiger partial charge >= 0.3 is 5.69 Å². The molecule has 0 atom stereocenters. The zero-order chi connectivity index (χ0) is 13.5. The molecular weight excluding hydrogens is 234 g/mol. The monoisotopic (exact) mass is 251 g/mol. The van der Waals surface area contributed by atoms with E-state index in [2.05, 4.69) is 11.6 Å².